The summed E-state index contributed by atoms with van der Waals surface area (Å²) in [4.78, 5) is 27.6. The topological polar surface area (TPSA) is 57.6 Å². The van der Waals surface area contributed by atoms with Crippen LogP contribution in [-0.2, 0) is 15.0 Å². The number of thiophene rings is 1. The highest BCUT2D eigenvalue weighted by Crippen LogP contribution is 2.43. The lowest BCUT2D eigenvalue weighted by molar-refractivity contribution is -0.142. The predicted molar refractivity (Wildman–Crippen MR) is 83.5 cm³/mol. The minimum Gasteiger partial charge on any atom is -0.481 e. The number of aliphatic carboxylic acids is 1. The van der Waals surface area contributed by atoms with Crippen molar-refractivity contribution in [2.75, 3.05) is 0 Å². The summed E-state index contributed by atoms with van der Waals surface area (Å²) in [6, 6.07) is 3.71. The number of carbonyl (C=O) groups excluding carboxylic acids is 1. The fraction of sp³-hybridized carbons (Fsp3) is 0.625. The summed E-state index contributed by atoms with van der Waals surface area (Å²) in [7, 11) is 0. The fourth-order valence-electron chi connectivity index (χ4n) is 2.84. The number of likely N-dealkylation sites (tertiary alicyclic amines) is 1. The molecular weight excluding hydrogens is 286 g/mol. The Morgan fingerprint density at radius 1 is 1.38 bits per heavy atom. The molecular formula is C16H23NO3S. The Bertz CT molecular complexity index is 556. The molecule has 116 valence electrons. The molecule has 1 aromatic rings. The number of hydrogen-bond acceptors (Lipinski definition) is 3. The van der Waals surface area contributed by atoms with Crippen molar-refractivity contribution in [2.45, 2.75) is 58.5 Å². The Morgan fingerprint density at radius 3 is 2.43 bits per heavy atom. The standard InChI is InChI=1S/C16H23NO3S/c1-9(2)17-13(18)8-10(15(19)20)14(17)11-6-7-12(21-11)16(3,4)5/h6-7,9-10,14H,8H2,1-5H3,(H,19,20). The molecule has 1 fully saturated rings. The zero-order valence-corrected chi connectivity index (χ0v) is 14.0. The van der Waals surface area contributed by atoms with Crippen molar-refractivity contribution in [2.24, 2.45) is 5.92 Å². The van der Waals surface area contributed by atoms with E-state index >= 15 is 0 Å². The number of nitrogens with zero attached hydrogens (tertiary/aromatic N) is 1. The van der Waals surface area contributed by atoms with Crippen LogP contribution >= 0.6 is 11.3 Å². The van der Waals surface area contributed by atoms with Gasteiger partial charge in [-0.25, -0.2) is 0 Å². The molecule has 1 amide bonds. The first-order valence-corrected chi connectivity index (χ1v) is 8.08. The Kier molecular flexibility index (Phi) is 4.15. The van der Waals surface area contributed by atoms with Crippen LogP contribution in [0.3, 0.4) is 0 Å². The van der Waals surface area contributed by atoms with Gasteiger partial charge in [0.05, 0.1) is 12.0 Å². The largest absolute Gasteiger partial charge is 0.481 e. The van der Waals surface area contributed by atoms with Crippen molar-refractivity contribution in [1.29, 1.82) is 0 Å². The molecule has 1 aliphatic rings. The van der Waals surface area contributed by atoms with Crippen molar-refractivity contribution in [1.82, 2.24) is 4.90 Å². The second kappa shape index (κ2) is 5.44. The number of carboxylic acids is 1. The van der Waals surface area contributed by atoms with Crippen LogP contribution in [0.4, 0.5) is 0 Å². The number of amides is 1. The molecule has 1 N–H and O–H groups in total. The third-order valence-corrected chi connectivity index (χ3v) is 5.48. The minimum absolute atomic E-state index is 0.00652. The van der Waals surface area contributed by atoms with Crippen LogP contribution in [0.2, 0.25) is 0 Å². The van der Waals surface area contributed by atoms with Crippen molar-refractivity contribution in [3.63, 3.8) is 0 Å². The lowest BCUT2D eigenvalue weighted by Crippen LogP contribution is -2.35. The van der Waals surface area contributed by atoms with E-state index in [1.54, 1.807) is 16.2 Å². The summed E-state index contributed by atoms with van der Waals surface area (Å²) >= 11 is 1.62. The molecule has 0 bridgehead atoms. The number of carboxylic acid groups (broad SMARTS) is 1. The van der Waals surface area contributed by atoms with Gasteiger partial charge in [0, 0.05) is 22.2 Å². The van der Waals surface area contributed by atoms with E-state index in [4.69, 9.17) is 0 Å². The molecule has 1 aromatic heterocycles. The lowest BCUT2D eigenvalue weighted by Gasteiger charge is -2.29. The molecule has 0 radical (unpaired) electrons. The molecule has 0 aromatic carbocycles. The molecule has 2 atom stereocenters. The summed E-state index contributed by atoms with van der Waals surface area (Å²) in [5, 5.41) is 9.45. The normalized spacial score (nSPS) is 23.1. The van der Waals surface area contributed by atoms with Gasteiger partial charge in [0.2, 0.25) is 5.91 Å². The molecule has 0 saturated carbocycles. The van der Waals surface area contributed by atoms with Gasteiger partial charge in [-0.05, 0) is 31.4 Å². The van der Waals surface area contributed by atoms with Gasteiger partial charge in [-0.1, -0.05) is 20.8 Å². The van der Waals surface area contributed by atoms with Gasteiger partial charge in [0.15, 0.2) is 0 Å². The highest BCUT2D eigenvalue weighted by molar-refractivity contribution is 7.12. The van der Waals surface area contributed by atoms with Gasteiger partial charge < -0.3 is 10.0 Å². The maximum absolute atomic E-state index is 12.2. The van der Waals surface area contributed by atoms with E-state index in [9.17, 15) is 14.7 Å². The van der Waals surface area contributed by atoms with Crippen LogP contribution in [0.5, 0.6) is 0 Å². The van der Waals surface area contributed by atoms with Crippen LogP contribution < -0.4 is 0 Å². The second-order valence-electron chi connectivity index (χ2n) is 6.94. The summed E-state index contributed by atoms with van der Waals surface area (Å²) in [6.07, 6.45) is 0.0981. The zero-order chi connectivity index (χ0) is 15.9. The van der Waals surface area contributed by atoms with Crippen molar-refractivity contribution in [3.8, 4) is 0 Å². The van der Waals surface area contributed by atoms with Crippen LogP contribution in [0, 0.1) is 5.92 Å². The molecule has 1 aliphatic heterocycles. The van der Waals surface area contributed by atoms with Gasteiger partial charge in [0.1, 0.15) is 0 Å². The first-order valence-electron chi connectivity index (χ1n) is 7.27. The summed E-state index contributed by atoms with van der Waals surface area (Å²) in [5.41, 5.74) is 0.0346. The molecule has 4 nitrogen and oxygen atoms in total. The molecule has 21 heavy (non-hydrogen) atoms. The number of hydrogen-bond donors (Lipinski definition) is 1. The molecule has 2 unspecified atom stereocenters. The Balaban J connectivity index is 2.43. The van der Waals surface area contributed by atoms with Crippen molar-refractivity contribution < 1.29 is 14.7 Å². The van der Waals surface area contributed by atoms with E-state index in [0.717, 1.165) is 4.88 Å². The molecule has 0 spiro atoms. The van der Waals surface area contributed by atoms with E-state index in [1.165, 1.54) is 4.88 Å². The van der Waals surface area contributed by atoms with E-state index < -0.39 is 11.9 Å². The van der Waals surface area contributed by atoms with Gasteiger partial charge in [-0.2, -0.15) is 0 Å². The maximum atomic E-state index is 12.2. The summed E-state index contributed by atoms with van der Waals surface area (Å²) in [5.74, 6) is -1.60. The molecule has 1 saturated heterocycles. The zero-order valence-electron chi connectivity index (χ0n) is 13.2. The van der Waals surface area contributed by atoms with E-state index in [1.807, 2.05) is 19.9 Å². The SMILES string of the molecule is CC(C)N1C(=O)CC(C(=O)O)C1c1ccc(C(C)(C)C)s1. The molecule has 2 heterocycles. The van der Waals surface area contributed by atoms with Crippen LogP contribution in [0.25, 0.3) is 0 Å². The van der Waals surface area contributed by atoms with Crippen molar-refractivity contribution in [3.05, 3.63) is 21.9 Å². The average molecular weight is 309 g/mol. The average Bonchev–Trinajstić information content (AvgIpc) is 2.90. The van der Waals surface area contributed by atoms with E-state index in [2.05, 4.69) is 26.8 Å². The Hall–Kier alpha value is -1.36. The Morgan fingerprint density at radius 2 is 2.00 bits per heavy atom. The van der Waals surface area contributed by atoms with Crippen LogP contribution in [0.15, 0.2) is 12.1 Å². The highest BCUT2D eigenvalue weighted by atomic mass is 32.1. The van der Waals surface area contributed by atoms with E-state index in [0.29, 0.717) is 0 Å². The van der Waals surface area contributed by atoms with Gasteiger partial charge in [-0.3, -0.25) is 9.59 Å². The molecule has 2 rings (SSSR count). The summed E-state index contributed by atoms with van der Waals surface area (Å²) < 4.78 is 0. The highest BCUT2D eigenvalue weighted by Gasteiger charge is 2.46. The molecule has 5 heteroatoms. The lowest BCUT2D eigenvalue weighted by atomic mass is 9.94. The molecule has 0 aliphatic carbocycles. The quantitative estimate of drug-likeness (QED) is 0.930. The first kappa shape index (κ1) is 16.0. The third-order valence-electron chi connectivity index (χ3n) is 3.89. The van der Waals surface area contributed by atoms with Gasteiger partial charge in [-0.15, -0.1) is 11.3 Å². The smallest absolute Gasteiger partial charge is 0.309 e. The first-order chi connectivity index (χ1) is 9.62. The number of rotatable bonds is 3. The van der Waals surface area contributed by atoms with Crippen LogP contribution in [-0.4, -0.2) is 27.9 Å². The predicted octanol–water partition coefficient (Wildman–Crippen LogP) is 3.43. The second-order valence-corrected chi connectivity index (χ2v) is 8.06. The Labute approximate surface area is 129 Å². The van der Waals surface area contributed by atoms with E-state index in [-0.39, 0.29) is 29.8 Å². The van der Waals surface area contributed by atoms with Crippen molar-refractivity contribution >= 4 is 23.2 Å². The minimum atomic E-state index is -0.887. The van der Waals surface area contributed by atoms with Gasteiger partial charge in [0.25, 0.3) is 0 Å². The number of carbonyl (C=O) groups is 2. The summed E-state index contributed by atoms with van der Waals surface area (Å²) in [6.45, 7) is 10.3. The maximum Gasteiger partial charge on any atom is 0.309 e. The fourth-order valence-corrected chi connectivity index (χ4v) is 4.07. The third kappa shape index (κ3) is 2.98. The van der Waals surface area contributed by atoms with Crippen LogP contribution in [0.1, 0.15) is 56.8 Å². The van der Waals surface area contributed by atoms with Gasteiger partial charge >= 0.3 is 5.97 Å². The monoisotopic (exact) mass is 309 g/mol.